The second kappa shape index (κ2) is 10.6. The predicted molar refractivity (Wildman–Crippen MR) is 93.2 cm³/mol. The summed E-state index contributed by atoms with van der Waals surface area (Å²) in [6, 6.07) is 0. The smallest absolute Gasteiger partial charge is 0.112 e. The summed E-state index contributed by atoms with van der Waals surface area (Å²) in [5, 5.41) is 3.39. The van der Waals surface area contributed by atoms with Crippen LogP contribution in [0.15, 0.2) is 0 Å². The molecular weight excluding hydrogens is 258 g/mol. The standard InChI is InChI=1S/C18H39N3/c1-4-6-8-10-12-14-18(3,13-11-9-7-5-2)21-16-15-20-17(21)19/h17,20H,4-16,19H2,1-3H3. The summed E-state index contributed by atoms with van der Waals surface area (Å²) < 4.78 is 0. The normalized spacial score (nSPS) is 22.6. The van der Waals surface area contributed by atoms with E-state index in [1.165, 1.54) is 70.6 Å². The summed E-state index contributed by atoms with van der Waals surface area (Å²) in [4.78, 5) is 2.53. The van der Waals surface area contributed by atoms with Gasteiger partial charge in [-0.25, -0.2) is 0 Å². The van der Waals surface area contributed by atoms with Crippen molar-refractivity contribution in [3.05, 3.63) is 0 Å². The molecule has 3 N–H and O–H groups in total. The van der Waals surface area contributed by atoms with Crippen molar-refractivity contribution >= 4 is 0 Å². The monoisotopic (exact) mass is 297 g/mol. The van der Waals surface area contributed by atoms with Crippen LogP contribution in [-0.2, 0) is 0 Å². The van der Waals surface area contributed by atoms with E-state index < -0.39 is 0 Å². The van der Waals surface area contributed by atoms with Gasteiger partial charge in [0.15, 0.2) is 0 Å². The van der Waals surface area contributed by atoms with Crippen molar-refractivity contribution in [3.63, 3.8) is 0 Å². The molecule has 3 nitrogen and oxygen atoms in total. The highest BCUT2D eigenvalue weighted by atomic mass is 15.4. The summed E-state index contributed by atoms with van der Waals surface area (Å²) in [5.41, 5.74) is 6.56. The van der Waals surface area contributed by atoms with Crippen molar-refractivity contribution < 1.29 is 0 Å². The van der Waals surface area contributed by atoms with Gasteiger partial charge >= 0.3 is 0 Å². The van der Waals surface area contributed by atoms with Crippen molar-refractivity contribution in [2.75, 3.05) is 13.1 Å². The molecule has 0 aliphatic carbocycles. The molecule has 0 spiro atoms. The first kappa shape index (κ1) is 18.9. The predicted octanol–water partition coefficient (Wildman–Crippen LogP) is 4.22. The van der Waals surface area contributed by atoms with Gasteiger partial charge in [0, 0.05) is 18.6 Å². The van der Waals surface area contributed by atoms with Crippen LogP contribution in [0.4, 0.5) is 0 Å². The minimum Gasteiger partial charge on any atom is -0.303 e. The second-order valence-corrected chi connectivity index (χ2v) is 7.06. The topological polar surface area (TPSA) is 41.3 Å². The van der Waals surface area contributed by atoms with Crippen LogP contribution in [0.25, 0.3) is 0 Å². The number of unbranched alkanes of at least 4 members (excludes halogenated alkanes) is 7. The number of hydrogen-bond donors (Lipinski definition) is 2. The third-order valence-corrected chi connectivity index (χ3v) is 5.12. The van der Waals surface area contributed by atoms with Gasteiger partial charge in [0.05, 0.1) is 0 Å². The van der Waals surface area contributed by atoms with Gasteiger partial charge in [0.2, 0.25) is 0 Å². The minimum atomic E-state index is 0.0665. The molecule has 0 saturated carbocycles. The third-order valence-electron chi connectivity index (χ3n) is 5.12. The van der Waals surface area contributed by atoms with Crippen molar-refractivity contribution in [1.82, 2.24) is 10.2 Å². The molecule has 0 aromatic carbocycles. The van der Waals surface area contributed by atoms with E-state index >= 15 is 0 Å². The summed E-state index contributed by atoms with van der Waals surface area (Å²) in [5.74, 6) is 0. The Bertz CT molecular complexity index is 257. The summed E-state index contributed by atoms with van der Waals surface area (Å²) in [6.45, 7) is 9.17. The first-order chi connectivity index (χ1) is 10.1. The van der Waals surface area contributed by atoms with Gasteiger partial charge in [-0.1, -0.05) is 71.6 Å². The Morgan fingerprint density at radius 2 is 1.48 bits per heavy atom. The van der Waals surface area contributed by atoms with Crippen molar-refractivity contribution in [1.29, 1.82) is 0 Å². The Balaban J connectivity index is 2.43. The molecule has 0 radical (unpaired) electrons. The van der Waals surface area contributed by atoms with Crippen molar-refractivity contribution in [3.8, 4) is 0 Å². The molecule has 0 bridgehead atoms. The Hall–Kier alpha value is -0.120. The lowest BCUT2D eigenvalue weighted by Crippen LogP contribution is -2.55. The highest BCUT2D eigenvalue weighted by Gasteiger charge is 2.36. The van der Waals surface area contributed by atoms with Gasteiger partial charge in [0.1, 0.15) is 6.29 Å². The lowest BCUT2D eigenvalue weighted by molar-refractivity contribution is 0.0649. The molecule has 1 rings (SSSR count). The Kier molecular flexibility index (Phi) is 9.54. The van der Waals surface area contributed by atoms with Gasteiger partial charge in [0.25, 0.3) is 0 Å². The Morgan fingerprint density at radius 3 is 1.95 bits per heavy atom. The minimum absolute atomic E-state index is 0.0665. The molecule has 126 valence electrons. The number of nitrogens with two attached hydrogens (primary N) is 1. The van der Waals surface area contributed by atoms with Crippen molar-refractivity contribution in [2.24, 2.45) is 5.73 Å². The molecule has 2 atom stereocenters. The number of hydrogen-bond acceptors (Lipinski definition) is 3. The van der Waals surface area contributed by atoms with Crippen LogP contribution in [0, 0.1) is 0 Å². The van der Waals surface area contributed by atoms with Crippen LogP contribution in [0.5, 0.6) is 0 Å². The number of nitrogens with zero attached hydrogens (tertiary/aromatic N) is 1. The first-order valence-corrected chi connectivity index (χ1v) is 9.39. The van der Waals surface area contributed by atoms with Crippen LogP contribution < -0.4 is 11.1 Å². The number of nitrogens with one attached hydrogen (secondary N) is 1. The maximum Gasteiger partial charge on any atom is 0.112 e. The molecule has 2 unspecified atom stereocenters. The van der Waals surface area contributed by atoms with Gasteiger partial charge in [-0.15, -0.1) is 0 Å². The quantitative estimate of drug-likeness (QED) is 0.530. The average molecular weight is 298 g/mol. The van der Waals surface area contributed by atoms with E-state index in [1.54, 1.807) is 0 Å². The van der Waals surface area contributed by atoms with E-state index in [2.05, 4.69) is 31.0 Å². The van der Waals surface area contributed by atoms with Crippen LogP contribution in [-0.4, -0.2) is 29.8 Å². The van der Waals surface area contributed by atoms with E-state index in [1.807, 2.05) is 0 Å². The average Bonchev–Trinajstić information content (AvgIpc) is 2.90. The lowest BCUT2D eigenvalue weighted by atomic mass is 9.86. The van der Waals surface area contributed by atoms with Gasteiger partial charge in [-0.2, -0.15) is 0 Å². The van der Waals surface area contributed by atoms with E-state index in [-0.39, 0.29) is 6.29 Å². The SMILES string of the molecule is CCCCCCCC(C)(CCCCCC)N1CCNC1N. The van der Waals surface area contributed by atoms with Gasteiger partial charge in [-0.3, -0.25) is 10.2 Å². The maximum atomic E-state index is 6.26. The van der Waals surface area contributed by atoms with Crippen LogP contribution in [0.2, 0.25) is 0 Å². The largest absolute Gasteiger partial charge is 0.303 e. The summed E-state index contributed by atoms with van der Waals surface area (Å²) >= 11 is 0. The first-order valence-electron chi connectivity index (χ1n) is 9.39. The van der Waals surface area contributed by atoms with Gasteiger partial charge < -0.3 is 5.73 Å². The Morgan fingerprint density at radius 1 is 0.952 bits per heavy atom. The van der Waals surface area contributed by atoms with Crippen molar-refractivity contribution in [2.45, 2.75) is 103 Å². The lowest BCUT2D eigenvalue weighted by Gasteiger charge is -2.41. The zero-order valence-electron chi connectivity index (χ0n) is 14.8. The molecule has 1 saturated heterocycles. The molecule has 21 heavy (non-hydrogen) atoms. The fourth-order valence-electron chi connectivity index (χ4n) is 3.64. The fraction of sp³-hybridized carbons (Fsp3) is 1.00. The summed E-state index contributed by atoms with van der Waals surface area (Å²) in [7, 11) is 0. The van der Waals surface area contributed by atoms with Crippen LogP contribution in [0.3, 0.4) is 0 Å². The number of rotatable bonds is 12. The van der Waals surface area contributed by atoms with Crippen LogP contribution >= 0.6 is 0 Å². The molecule has 3 heteroatoms. The molecule has 1 heterocycles. The molecule has 1 aliphatic rings. The van der Waals surface area contributed by atoms with Gasteiger partial charge in [-0.05, 0) is 19.8 Å². The third kappa shape index (κ3) is 6.66. The van der Waals surface area contributed by atoms with E-state index in [4.69, 9.17) is 5.73 Å². The molecule has 0 amide bonds. The molecule has 0 aromatic rings. The Labute approximate surface area is 133 Å². The fourth-order valence-corrected chi connectivity index (χ4v) is 3.64. The van der Waals surface area contributed by atoms with E-state index in [0.29, 0.717) is 5.54 Å². The molecule has 0 aromatic heterocycles. The highest BCUT2D eigenvalue weighted by Crippen LogP contribution is 2.30. The molecule has 1 fully saturated rings. The summed E-state index contributed by atoms with van der Waals surface area (Å²) in [6.07, 6.45) is 14.9. The zero-order chi connectivity index (χ0) is 15.6. The molecule has 1 aliphatic heterocycles. The second-order valence-electron chi connectivity index (χ2n) is 7.06. The maximum absolute atomic E-state index is 6.26. The van der Waals surface area contributed by atoms with E-state index in [0.717, 1.165) is 13.1 Å². The molecular formula is C18H39N3. The van der Waals surface area contributed by atoms with E-state index in [9.17, 15) is 0 Å². The zero-order valence-corrected chi connectivity index (χ0v) is 14.8. The highest BCUT2D eigenvalue weighted by molar-refractivity contribution is 4.91. The van der Waals surface area contributed by atoms with Crippen LogP contribution in [0.1, 0.15) is 91.4 Å².